The maximum absolute atomic E-state index is 12.9. The van der Waals surface area contributed by atoms with Gasteiger partial charge in [0.2, 0.25) is 0 Å². The van der Waals surface area contributed by atoms with Gasteiger partial charge in [-0.15, -0.1) is 11.3 Å². The molecule has 1 aromatic carbocycles. The maximum atomic E-state index is 12.9. The standard InChI is InChI=1S/C25H23ClF3N5O3S/c1-13-5-15(26)6-17(22(13)37-19-9-30-8-14(19)2)21-23-18(31-12-32-21)7-16(38-23)10-34-20(35)3-4-33(24(34)36)11-25(27,28)29/h3-7,12,14,19,30H,8-11H2,1-2H3/t14-,19-/m0/s1. The lowest BCUT2D eigenvalue weighted by atomic mass is 10.0. The Morgan fingerprint density at radius 3 is 2.71 bits per heavy atom. The van der Waals surface area contributed by atoms with Gasteiger partial charge < -0.3 is 10.1 Å². The summed E-state index contributed by atoms with van der Waals surface area (Å²) >= 11 is 7.66. The molecule has 3 aromatic heterocycles. The minimum atomic E-state index is -4.60. The number of nitrogens with one attached hydrogen (secondary N) is 1. The highest BCUT2D eigenvalue weighted by Gasteiger charge is 2.29. The molecule has 0 spiro atoms. The van der Waals surface area contributed by atoms with E-state index >= 15 is 0 Å². The lowest BCUT2D eigenvalue weighted by molar-refractivity contribution is -0.141. The summed E-state index contributed by atoms with van der Waals surface area (Å²) in [7, 11) is 0. The fraction of sp³-hybridized carbons (Fsp3) is 0.360. The van der Waals surface area contributed by atoms with Crippen LogP contribution < -0.4 is 21.3 Å². The van der Waals surface area contributed by atoms with Crippen LogP contribution >= 0.6 is 22.9 Å². The van der Waals surface area contributed by atoms with Crippen molar-refractivity contribution in [1.29, 1.82) is 0 Å². The van der Waals surface area contributed by atoms with Crippen molar-refractivity contribution in [1.82, 2.24) is 24.4 Å². The molecule has 2 atom stereocenters. The Morgan fingerprint density at radius 1 is 1.21 bits per heavy atom. The van der Waals surface area contributed by atoms with Crippen molar-refractivity contribution in [2.75, 3.05) is 13.1 Å². The Labute approximate surface area is 223 Å². The zero-order valence-electron chi connectivity index (χ0n) is 20.4. The number of fused-ring (bicyclic) bond motifs is 1. The summed E-state index contributed by atoms with van der Waals surface area (Å²) in [5, 5.41) is 3.83. The van der Waals surface area contributed by atoms with Crippen LogP contribution in [0.1, 0.15) is 17.4 Å². The number of ether oxygens (including phenoxy) is 1. The molecule has 4 aromatic rings. The van der Waals surface area contributed by atoms with Crippen LogP contribution in [0.5, 0.6) is 5.75 Å². The summed E-state index contributed by atoms with van der Waals surface area (Å²) in [6.45, 7) is 3.88. The molecule has 5 rings (SSSR count). The maximum Gasteiger partial charge on any atom is 0.406 e. The number of aromatic nitrogens is 4. The summed E-state index contributed by atoms with van der Waals surface area (Å²) in [6.07, 6.45) is -2.38. The first-order valence-electron chi connectivity index (χ1n) is 11.8. The Balaban J connectivity index is 1.56. The normalized spacial score (nSPS) is 17.8. The van der Waals surface area contributed by atoms with Gasteiger partial charge in [-0.1, -0.05) is 18.5 Å². The smallest absolute Gasteiger partial charge is 0.406 e. The number of rotatable bonds is 6. The molecule has 0 amide bonds. The van der Waals surface area contributed by atoms with Gasteiger partial charge in [0.1, 0.15) is 24.7 Å². The van der Waals surface area contributed by atoms with Gasteiger partial charge in [-0.05, 0) is 30.7 Å². The van der Waals surface area contributed by atoms with Gasteiger partial charge in [-0.3, -0.25) is 13.9 Å². The molecule has 1 N–H and O–H groups in total. The first kappa shape index (κ1) is 26.4. The zero-order valence-corrected chi connectivity index (χ0v) is 22.0. The zero-order chi connectivity index (χ0) is 27.2. The van der Waals surface area contributed by atoms with Crippen molar-refractivity contribution < 1.29 is 17.9 Å². The third kappa shape index (κ3) is 5.33. The van der Waals surface area contributed by atoms with Crippen molar-refractivity contribution in [3.05, 3.63) is 73.1 Å². The third-order valence-corrected chi connectivity index (χ3v) is 7.71. The van der Waals surface area contributed by atoms with Crippen LogP contribution in [0.25, 0.3) is 21.5 Å². The van der Waals surface area contributed by atoms with E-state index in [2.05, 4.69) is 22.2 Å². The summed E-state index contributed by atoms with van der Waals surface area (Å²) in [5.41, 5.74) is 0.918. The van der Waals surface area contributed by atoms with Crippen molar-refractivity contribution >= 4 is 33.2 Å². The van der Waals surface area contributed by atoms with Gasteiger partial charge in [0.05, 0.1) is 22.5 Å². The molecule has 0 radical (unpaired) electrons. The largest absolute Gasteiger partial charge is 0.488 e. The second-order valence-electron chi connectivity index (χ2n) is 9.31. The van der Waals surface area contributed by atoms with E-state index in [1.807, 2.05) is 13.0 Å². The number of aryl methyl sites for hydroxylation is 1. The topological polar surface area (TPSA) is 91.0 Å². The molecule has 8 nitrogen and oxygen atoms in total. The fourth-order valence-electron chi connectivity index (χ4n) is 4.50. The van der Waals surface area contributed by atoms with Crippen LogP contribution in [0.2, 0.25) is 5.02 Å². The van der Waals surface area contributed by atoms with Crippen molar-refractivity contribution in [3.63, 3.8) is 0 Å². The van der Waals surface area contributed by atoms with E-state index < -0.39 is 24.0 Å². The van der Waals surface area contributed by atoms with E-state index in [1.54, 1.807) is 12.1 Å². The number of nitrogens with zero attached hydrogens (tertiary/aromatic N) is 4. The molecule has 4 heterocycles. The van der Waals surface area contributed by atoms with E-state index in [9.17, 15) is 22.8 Å². The number of halogens is 4. The molecule has 0 bridgehead atoms. The Morgan fingerprint density at radius 2 is 2.00 bits per heavy atom. The highest BCUT2D eigenvalue weighted by atomic mass is 35.5. The molecule has 38 heavy (non-hydrogen) atoms. The Bertz CT molecular complexity index is 1630. The molecule has 1 aliphatic heterocycles. The van der Waals surface area contributed by atoms with Gasteiger partial charge in [-0.2, -0.15) is 13.2 Å². The van der Waals surface area contributed by atoms with Crippen LogP contribution in [0.3, 0.4) is 0 Å². The van der Waals surface area contributed by atoms with Gasteiger partial charge in [0.15, 0.2) is 0 Å². The Hall–Kier alpha value is -3.22. The number of hydrogen-bond acceptors (Lipinski definition) is 7. The molecule has 0 unspecified atom stereocenters. The van der Waals surface area contributed by atoms with Crippen molar-refractivity contribution in [2.24, 2.45) is 5.92 Å². The summed E-state index contributed by atoms with van der Waals surface area (Å²) in [5.74, 6) is 0.960. The Kier molecular flexibility index (Phi) is 7.05. The molecule has 0 aliphatic carbocycles. The molecular weight excluding hydrogens is 543 g/mol. The minimum Gasteiger partial charge on any atom is -0.488 e. The van der Waals surface area contributed by atoms with E-state index in [4.69, 9.17) is 16.3 Å². The minimum absolute atomic E-state index is 0.0336. The van der Waals surface area contributed by atoms with E-state index in [0.29, 0.717) is 54.2 Å². The quantitative estimate of drug-likeness (QED) is 0.376. The first-order valence-corrected chi connectivity index (χ1v) is 13.0. The van der Waals surface area contributed by atoms with Crippen molar-refractivity contribution in [2.45, 2.75) is 39.2 Å². The van der Waals surface area contributed by atoms with Crippen LogP contribution in [0, 0.1) is 12.8 Å². The third-order valence-electron chi connectivity index (χ3n) is 6.38. The van der Waals surface area contributed by atoms with Crippen LogP contribution in [-0.4, -0.2) is 44.5 Å². The molecule has 1 fully saturated rings. The molecule has 1 aliphatic rings. The van der Waals surface area contributed by atoms with E-state index in [0.717, 1.165) is 28.9 Å². The number of thiophene rings is 1. The van der Waals surface area contributed by atoms with Gasteiger partial charge >= 0.3 is 11.9 Å². The van der Waals surface area contributed by atoms with Crippen molar-refractivity contribution in [3.8, 4) is 17.0 Å². The molecule has 200 valence electrons. The number of benzene rings is 1. The monoisotopic (exact) mass is 565 g/mol. The van der Waals surface area contributed by atoms with Gasteiger partial charge in [-0.25, -0.2) is 14.8 Å². The second kappa shape index (κ2) is 10.2. The average molecular weight is 566 g/mol. The summed E-state index contributed by atoms with van der Waals surface area (Å²) in [6, 6.07) is 6.23. The fourth-order valence-corrected chi connectivity index (χ4v) is 5.88. The SMILES string of the molecule is Cc1cc(Cl)cc(-c2ncnc3cc(Cn4c(=O)ccn(CC(F)(F)F)c4=O)sc23)c1O[C@H]1CNC[C@@H]1C. The van der Waals surface area contributed by atoms with Crippen LogP contribution in [0.4, 0.5) is 13.2 Å². The van der Waals surface area contributed by atoms with E-state index in [1.165, 1.54) is 17.7 Å². The molecular formula is C25H23ClF3N5O3S. The predicted molar refractivity (Wildman–Crippen MR) is 139 cm³/mol. The lowest BCUT2D eigenvalue weighted by Gasteiger charge is -2.21. The van der Waals surface area contributed by atoms with Gasteiger partial charge in [0.25, 0.3) is 5.56 Å². The van der Waals surface area contributed by atoms with E-state index in [-0.39, 0.29) is 12.6 Å². The highest BCUT2D eigenvalue weighted by Crippen LogP contribution is 2.41. The summed E-state index contributed by atoms with van der Waals surface area (Å²) in [4.78, 5) is 34.4. The summed E-state index contributed by atoms with van der Waals surface area (Å²) < 4.78 is 47.0. The number of alkyl halides is 3. The van der Waals surface area contributed by atoms with Crippen LogP contribution in [0.15, 0.2) is 46.4 Å². The first-order chi connectivity index (χ1) is 18.0. The van der Waals surface area contributed by atoms with Crippen LogP contribution in [-0.2, 0) is 13.1 Å². The highest BCUT2D eigenvalue weighted by molar-refractivity contribution is 7.19. The molecule has 0 saturated carbocycles. The number of hydrogen-bond donors (Lipinski definition) is 1. The van der Waals surface area contributed by atoms with Gasteiger partial charge in [0, 0.05) is 46.7 Å². The second-order valence-corrected chi connectivity index (χ2v) is 10.9. The molecule has 1 saturated heterocycles. The molecule has 13 heteroatoms. The average Bonchev–Trinajstić information content (AvgIpc) is 3.44. The predicted octanol–water partition coefficient (Wildman–Crippen LogP) is 4.24. The lowest BCUT2D eigenvalue weighted by Crippen LogP contribution is -2.41.